The number of hydrogen-bond donors (Lipinski definition) is 0. The first-order chi connectivity index (χ1) is 8.16. The Bertz CT molecular complexity index is 480. The fourth-order valence-electron chi connectivity index (χ4n) is 1.33. The molecule has 17 heavy (non-hydrogen) atoms. The maximum atomic E-state index is 4.03. The van der Waals surface area contributed by atoms with Gasteiger partial charge in [0.1, 0.15) is 0 Å². The van der Waals surface area contributed by atoms with Crippen LogP contribution in [0.15, 0.2) is 33.9 Å². The van der Waals surface area contributed by atoms with Crippen LogP contribution in [0.1, 0.15) is 25.5 Å². The zero-order valence-corrected chi connectivity index (χ0v) is 12.1. The first-order valence-corrected chi connectivity index (χ1v) is 7.10. The maximum Gasteiger partial charge on any atom is 0.209 e. The van der Waals surface area contributed by atoms with Crippen molar-refractivity contribution in [1.29, 1.82) is 0 Å². The van der Waals surface area contributed by atoms with Gasteiger partial charge in [-0.3, -0.25) is 0 Å². The summed E-state index contributed by atoms with van der Waals surface area (Å²) < 4.78 is 2.93. The first kappa shape index (κ1) is 12.6. The highest BCUT2D eigenvalue weighted by molar-refractivity contribution is 9.10. The third-order valence-corrected chi connectivity index (χ3v) is 3.77. The number of rotatable bonds is 4. The Labute approximate surface area is 113 Å². The number of halogens is 1. The van der Waals surface area contributed by atoms with Gasteiger partial charge < -0.3 is 0 Å². The molecule has 0 aliphatic heterocycles. The Morgan fingerprint density at radius 3 is 2.65 bits per heavy atom. The largest absolute Gasteiger partial charge is 0.218 e. The molecule has 1 aromatic heterocycles. The molecule has 0 amide bonds. The van der Waals surface area contributed by atoms with Crippen molar-refractivity contribution in [2.75, 3.05) is 0 Å². The van der Waals surface area contributed by atoms with Crippen molar-refractivity contribution < 1.29 is 0 Å². The van der Waals surface area contributed by atoms with E-state index in [0.717, 1.165) is 15.4 Å². The van der Waals surface area contributed by atoms with E-state index in [-0.39, 0.29) is 6.04 Å². The van der Waals surface area contributed by atoms with Crippen molar-refractivity contribution in [3.8, 4) is 0 Å². The number of benzene rings is 1. The molecule has 1 aromatic carbocycles. The van der Waals surface area contributed by atoms with Gasteiger partial charge in [0.25, 0.3) is 0 Å². The molecule has 0 fully saturated rings. The van der Waals surface area contributed by atoms with Crippen LogP contribution in [0.3, 0.4) is 0 Å². The summed E-state index contributed by atoms with van der Waals surface area (Å²) in [4.78, 5) is 0. The van der Waals surface area contributed by atoms with Gasteiger partial charge in [0, 0.05) is 10.2 Å². The Morgan fingerprint density at radius 2 is 2.00 bits per heavy atom. The quantitative estimate of drug-likeness (QED) is 0.812. The van der Waals surface area contributed by atoms with Gasteiger partial charge in [-0.1, -0.05) is 39.8 Å². The van der Waals surface area contributed by atoms with Crippen molar-refractivity contribution in [2.24, 2.45) is 0 Å². The molecule has 6 heteroatoms. The van der Waals surface area contributed by atoms with E-state index in [0.29, 0.717) is 0 Å². The van der Waals surface area contributed by atoms with Crippen molar-refractivity contribution in [2.45, 2.75) is 30.8 Å². The smallest absolute Gasteiger partial charge is 0.209 e. The van der Waals surface area contributed by atoms with E-state index in [9.17, 15) is 0 Å². The van der Waals surface area contributed by atoms with Crippen LogP contribution >= 0.6 is 27.7 Å². The summed E-state index contributed by atoms with van der Waals surface area (Å²) in [5.74, 6) is 0.875. The minimum Gasteiger partial charge on any atom is -0.218 e. The maximum absolute atomic E-state index is 4.03. The monoisotopic (exact) mass is 312 g/mol. The van der Waals surface area contributed by atoms with E-state index < -0.39 is 0 Å². The lowest BCUT2D eigenvalue weighted by Crippen LogP contribution is -2.04. The second kappa shape index (κ2) is 5.64. The molecular formula is C11H13BrN4S. The Kier molecular flexibility index (Phi) is 4.17. The molecule has 2 rings (SSSR count). The fourth-order valence-corrected chi connectivity index (χ4v) is 2.56. The van der Waals surface area contributed by atoms with Gasteiger partial charge >= 0.3 is 0 Å². The van der Waals surface area contributed by atoms with Gasteiger partial charge in [-0.25, -0.2) is 4.68 Å². The predicted molar refractivity (Wildman–Crippen MR) is 71.9 cm³/mol. The molecule has 1 heterocycles. The molecule has 90 valence electrons. The van der Waals surface area contributed by atoms with Gasteiger partial charge in [0.05, 0.1) is 6.04 Å². The third-order valence-electron chi connectivity index (χ3n) is 2.23. The summed E-state index contributed by atoms with van der Waals surface area (Å²) in [5.41, 5.74) is 1.26. The van der Waals surface area contributed by atoms with E-state index in [1.54, 1.807) is 11.8 Å². The highest BCUT2D eigenvalue weighted by Gasteiger charge is 2.09. The van der Waals surface area contributed by atoms with Gasteiger partial charge in [0.15, 0.2) is 0 Å². The number of nitrogens with zero attached hydrogens (tertiary/aromatic N) is 4. The van der Waals surface area contributed by atoms with E-state index >= 15 is 0 Å². The Hall–Kier alpha value is -0.880. The molecule has 0 aliphatic rings. The van der Waals surface area contributed by atoms with Gasteiger partial charge in [-0.15, -0.1) is 5.10 Å². The molecule has 4 nitrogen and oxygen atoms in total. The highest BCUT2D eigenvalue weighted by atomic mass is 79.9. The topological polar surface area (TPSA) is 43.6 Å². The standard InChI is InChI=1S/C11H13BrN4S/c1-8(2)16-11(13-14-15-16)17-7-9-3-5-10(12)6-4-9/h3-6,8H,7H2,1-2H3. The minimum absolute atomic E-state index is 0.289. The normalized spacial score (nSPS) is 11.1. The van der Waals surface area contributed by atoms with Crippen molar-refractivity contribution in [3.63, 3.8) is 0 Å². The highest BCUT2D eigenvalue weighted by Crippen LogP contribution is 2.22. The van der Waals surface area contributed by atoms with E-state index in [2.05, 4.69) is 57.4 Å². The van der Waals surface area contributed by atoms with Crippen molar-refractivity contribution in [3.05, 3.63) is 34.3 Å². The third kappa shape index (κ3) is 3.29. The Morgan fingerprint density at radius 1 is 1.29 bits per heavy atom. The molecule has 0 unspecified atom stereocenters. The molecule has 0 bridgehead atoms. The zero-order chi connectivity index (χ0) is 12.3. The summed E-state index contributed by atoms with van der Waals surface area (Å²) in [6.45, 7) is 4.14. The molecule has 0 saturated carbocycles. The molecule has 0 radical (unpaired) electrons. The summed E-state index contributed by atoms with van der Waals surface area (Å²) >= 11 is 5.08. The number of thioether (sulfide) groups is 1. The molecular weight excluding hydrogens is 300 g/mol. The average molecular weight is 313 g/mol. The average Bonchev–Trinajstić information content (AvgIpc) is 2.76. The molecule has 2 aromatic rings. The van der Waals surface area contributed by atoms with Crippen LogP contribution < -0.4 is 0 Å². The van der Waals surface area contributed by atoms with Crippen LogP contribution in [-0.2, 0) is 5.75 Å². The van der Waals surface area contributed by atoms with Gasteiger partial charge in [0.2, 0.25) is 5.16 Å². The fraction of sp³-hybridized carbons (Fsp3) is 0.364. The number of tetrazole rings is 1. The van der Waals surface area contributed by atoms with Crippen LogP contribution in [0.25, 0.3) is 0 Å². The van der Waals surface area contributed by atoms with Crippen LogP contribution in [0.5, 0.6) is 0 Å². The lowest BCUT2D eigenvalue weighted by molar-refractivity contribution is 0.477. The van der Waals surface area contributed by atoms with Gasteiger partial charge in [-0.2, -0.15) is 0 Å². The molecule has 0 spiro atoms. The number of aromatic nitrogens is 4. The summed E-state index contributed by atoms with van der Waals surface area (Å²) in [7, 11) is 0. The van der Waals surface area contributed by atoms with E-state index in [1.165, 1.54) is 5.56 Å². The van der Waals surface area contributed by atoms with Crippen LogP contribution in [0.4, 0.5) is 0 Å². The van der Waals surface area contributed by atoms with Crippen LogP contribution in [0.2, 0.25) is 0 Å². The van der Waals surface area contributed by atoms with E-state index in [1.807, 2.05) is 16.8 Å². The lowest BCUT2D eigenvalue weighted by Gasteiger charge is -2.06. The summed E-state index contributed by atoms with van der Waals surface area (Å²) in [6, 6.07) is 8.57. The summed E-state index contributed by atoms with van der Waals surface area (Å²) in [6.07, 6.45) is 0. The molecule has 0 aliphatic carbocycles. The minimum atomic E-state index is 0.289. The molecule has 0 N–H and O–H groups in total. The lowest BCUT2D eigenvalue weighted by atomic mass is 10.2. The van der Waals surface area contributed by atoms with E-state index in [4.69, 9.17) is 0 Å². The van der Waals surface area contributed by atoms with Crippen LogP contribution in [0, 0.1) is 0 Å². The van der Waals surface area contributed by atoms with Crippen molar-refractivity contribution in [1.82, 2.24) is 20.2 Å². The molecule has 0 atom stereocenters. The van der Waals surface area contributed by atoms with Gasteiger partial charge in [-0.05, 0) is 42.0 Å². The first-order valence-electron chi connectivity index (χ1n) is 5.32. The summed E-state index contributed by atoms with van der Waals surface area (Å²) in [5, 5.41) is 12.6. The number of hydrogen-bond acceptors (Lipinski definition) is 4. The van der Waals surface area contributed by atoms with Crippen molar-refractivity contribution >= 4 is 27.7 Å². The zero-order valence-electron chi connectivity index (χ0n) is 9.67. The second-order valence-corrected chi connectivity index (χ2v) is 5.77. The predicted octanol–water partition coefficient (Wildman–Crippen LogP) is 3.31. The van der Waals surface area contributed by atoms with Crippen LogP contribution in [-0.4, -0.2) is 20.2 Å². The second-order valence-electron chi connectivity index (χ2n) is 3.91. The molecule has 0 saturated heterocycles. The SMILES string of the molecule is CC(C)n1nnnc1SCc1ccc(Br)cc1. The Balaban J connectivity index is 2.02.